The molecule has 15 heavy (non-hydrogen) atoms. The molecule has 2 rings (SSSR count). The quantitative estimate of drug-likeness (QED) is 0.826. The SMILES string of the molecule is Cc1cc(CN)cnc1Sc1ncc[nH]1. The molecule has 0 aliphatic heterocycles. The van der Waals surface area contributed by atoms with Gasteiger partial charge in [-0.25, -0.2) is 9.97 Å². The summed E-state index contributed by atoms with van der Waals surface area (Å²) < 4.78 is 0. The summed E-state index contributed by atoms with van der Waals surface area (Å²) in [5, 5.41) is 1.81. The van der Waals surface area contributed by atoms with Crippen LogP contribution < -0.4 is 5.73 Å². The summed E-state index contributed by atoms with van der Waals surface area (Å²) in [5.41, 5.74) is 7.72. The van der Waals surface area contributed by atoms with Crippen LogP contribution in [0.1, 0.15) is 11.1 Å². The maximum atomic E-state index is 5.54. The van der Waals surface area contributed by atoms with Gasteiger partial charge in [-0.15, -0.1) is 0 Å². The first-order valence-electron chi connectivity index (χ1n) is 4.62. The van der Waals surface area contributed by atoms with Crippen molar-refractivity contribution in [3.63, 3.8) is 0 Å². The van der Waals surface area contributed by atoms with Crippen LogP contribution >= 0.6 is 11.8 Å². The number of imidazole rings is 1. The fourth-order valence-corrected chi connectivity index (χ4v) is 1.99. The van der Waals surface area contributed by atoms with Gasteiger partial charge in [-0.2, -0.15) is 0 Å². The number of aromatic nitrogens is 3. The Labute approximate surface area is 92.3 Å². The van der Waals surface area contributed by atoms with Gasteiger partial charge in [0, 0.05) is 25.1 Å². The Hall–Kier alpha value is -1.33. The summed E-state index contributed by atoms with van der Waals surface area (Å²) in [6, 6.07) is 2.05. The molecule has 0 aliphatic rings. The minimum absolute atomic E-state index is 0.527. The van der Waals surface area contributed by atoms with E-state index in [4.69, 9.17) is 5.73 Å². The Kier molecular flexibility index (Phi) is 3.03. The average Bonchev–Trinajstić information content (AvgIpc) is 2.74. The number of H-pyrrole nitrogens is 1. The van der Waals surface area contributed by atoms with Gasteiger partial charge in [-0.05, 0) is 29.8 Å². The molecular weight excluding hydrogens is 208 g/mol. The number of hydrogen-bond donors (Lipinski definition) is 2. The van der Waals surface area contributed by atoms with Gasteiger partial charge in [0.15, 0.2) is 5.16 Å². The third-order valence-corrected chi connectivity index (χ3v) is 3.03. The second-order valence-corrected chi connectivity index (χ2v) is 4.14. The second-order valence-electron chi connectivity index (χ2n) is 3.17. The molecule has 0 aliphatic carbocycles. The van der Waals surface area contributed by atoms with E-state index in [-0.39, 0.29) is 0 Å². The molecule has 2 aromatic rings. The molecule has 2 heterocycles. The van der Waals surface area contributed by atoms with E-state index in [1.165, 1.54) is 11.8 Å². The number of nitrogens with zero attached hydrogens (tertiary/aromatic N) is 2. The van der Waals surface area contributed by atoms with E-state index >= 15 is 0 Å². The first-order valence-corrected chi connectivity index (χ1v) is 5.44. The van der Waals surface area contributed by atoms with Crippen LogP contribution in [0.15, 0.2) is 34.8 Å². The lowest BCUT2D eigenvalue weighted by Crippen LogP contribution is -1.98. The van der Waals surface area contributed by atoms with E-state index in [9.17, 15) is 0 Å². The largest absolute Gasteiger partial charge is 0.339 e. The molecule has 5 heteroatoms. The van der Waals surface area contributed by atoms with Gasteiger partial charge < -0.3 is 10.7 Å². The number of aryl methyl sites for hydroxylation is 1. The molecule has 0 unspecified atom stereocenters. The lowest BCUT2D eigenvalue weighted by Gasteiger charge is -2.04. The number of hydrogen-bond acceptors (Lipinski definition) is 4. The summed E-state index contributed by atoms with van der Waals surface area (Å²) in [6.45, 7) is 2.55. The molecule has 0 aromatic carbocycles. The Morgan fingerprint density at radius 3 is 2.93 bits per heavy atom. The Morgan fingerprint density at radius 2 is 2.33 bits per heavy atom. The van der Waals surface area contributed by atoms with Crippen molar-refractivity contribution in [1.82, 2.24) is 15.0 Å². The second kappa shape index (κ2) is 4.46. The molecule has 0 saturated heterocycles. The lowest BCUT2D eigenvalue weighted by molar-refractivity contribution is 0.978. The van der Waals surface area contributed by atoms with E-state index in [0.29, 0.717) is 6.54 Å². The smallest absolute Gasteiger partial charge is 0.171 e. The summed E-state index contributed by atoms with van der Waals surface area (Å²) in [4.78, 5) is 11.5. The molecule has 4 nitrogen and oxygen atoms in total. The zero-order valence-corrected chi connectivity index (χ0v) is 9.21. The molecule has 0 spiro atoms. The van der Waals surface area contributed by atoms with Gasteiger partial charge in [-0.1, -0.05) is 6.07 Å². The lowest BCUT2D eigenvalue weighted by atomic mass is 10.2. The van der Waals surface area contributed by atoms with E-state index in [2.05, 4.69) is 21.0 Å². The highest BCUT2D eigenvalue weighted by Crippen LogP contribution is 2.25. The topological polar surface area (TPSA) is 67.6 Å². The highest BCUT2D eigenvalue weighted by molar-refractivity contribution is 7.99. The minimum atomic E-state index is 0.527. The van der Waals surface area contributed by atoms with Crippen molar-refractivity contribution in [2.24, 2.45) is 5.73 Å². The Bertz CT molecular complexity index is 439. The fraction of sp³-hybridized carbons (Fsp3) is 0.200. The van der Waals surface area contributed by atoms with E-state index < -0.39 is 0 Å². The molecule has 0 bridgehead atoms. The highest BCUT2D eigenvalue weighted by atomic mass is 32.2. The number of nitrogens with one attached hydrogen (secondary N) is 1. The third-order valence-electron chi connectivity index (χ3n) is 1.99. The van der Waals surface area contributed by atoms with Crippen LogP contribution in [0.3, 0.4) is 0 Å². The first-order chi connectivity index (χ1) is 7.29. The fourth-order valence-electron chi connectivity index (χ4n) is 1.24. The standard InChI is InChI=1S/C10H12N4S/c1-7-4-8(5-11)6-14-9(7)15-10-12-2-3-13-10/h2-4,6H,5,11H2,1H3,(H,12,13). The predicted octanol–water partition coefficient (Wildman–Crippen LogP) is 1.72. The van der Waals surface area contributed by atoms with Crippen LogP contribution in [0.25, 0.3) is 0 Å². The maximum Gasteiger partial charge on any atom is 0.171 e. The van der Waals surface area contributed by atoms with Gasteiger partial charge in [0.25, 0.3) is 0 Å². The number of rotatable bonds is 3. The number of aromatic amines is 1. The van der Waals surface area contributed by atoms with Gasteiger partial charge in [0.05, 0.1) is 0 Å². The monoisotopic (exact) mass is 220 g/mol. The molecule has 0 radical (unpaired) electrons. The Balaban J connectivity index is 2.22. The highest BCUT2D eigenvalue weighted by Gasteiger charge is 2.04. The summed E-state index contributed by atoms with van der Waals surface area (Å²) in [6.07, 6.45) is 5.33. The van der Waals surface area contributed by atoms with Crippen molar-refractivity contribution in [2.45, 2.75) is 23.7 Å². The molecule has 78 valence electrons. The molecule has 2 aromatic heterocycles. The molecule has 0 fully saturated rings. The van der Waals surface area contributed by atoms with Gasteiger partial charge in [0.2, 0.25) is 0 Å². The summed E-state index contributed by atoms with van der Waals surface area (Å²) >= 11 is 1.52. The van der Waals surface area contributed by atoms with Crippen LogP contribution in [0.4, 0.5) is 0 Å². The number of nitrogens with two attached hydrogens (primary N) is 1. The van der Waals surface area contributed by atoms with Gasteiger partial charge in [0.1, 0.15) is 5.03 Å². The van der Waals surface area contributed by atoms with Crippen LogP contribution in [0.2, 0.25) is 0 Å². The Morgan fingerprint density at radius 1 is 1.47 bits per heavy atom. The van der Waals surface area contributed by atoms with E-state index in [0.717, 1.165) is 21.3 Å². The summed E-state index contributed by atoms with van der Waals surface area (Å²) in [7, 11) is 0. The number of pyridine rings is 1. The first kappa shape index (κ1) is 10.2. The zero-order valence-electron chi connectivity index (χ0n) is 8.40. The van der Waals surface area contributed by atoms with Crippen LogP contribution in [-0.2, 0) is 6.54 Å². The molecule has 3 N–H and O–H groups in total. The van der Waals surface area contributed by atoms with Gasteiger partial charge in [-0.3, -0.25) is 0 Å². The normalized spacial score (nSPS) is 10.5. The minimum Gasteiger partial charge on any atom is -0.339 e. The molecule has 0 atom stereocenters. The van der Waals surface area contributed by atoms with Crippen molar-refractivity contribution in [3.8, 4) is 0 Å². The summed E-state index contributed by atoms with van der Waals surface area (Å²) in [5.74, 6) is 0. The maximum absolute atomic E-state index is 5.54. The van der Waals surface area contributed by atoms with Crippen LogP contribution in [-0.4, -0.2) is 15.0 Å². The molecule has 0 amide bonds. The van der Waals surface area contributed by atoms with Crippen LogP contribution in [0.5, 0.6) is 0 Å². The average molecular weight is 220 g/mol. The van der Waals surface area contributed by atoms with E-state index in [1.807, 2.05) is 6.92 Å². The molecular formula is C10H12N4S. The zero-order chi connectivity index (χ0) is 10.7. The van der Waals surface area contributed by atoms with Crippen molar-refractivity contribution in [2.75, 3.05) is 0 Å². The molecule has 0 saturated carbocycles. The third kappa shape index (κ3) is 2.37. The van der Waals surface area contributed by atoms with E-state index in [1.54, 1.807) is 18.6 Å². The van der Waals surface area contributed by atoms with Crippen molar-refractivity contribution < 1.29 is 0 Å². The van der Waals surface area contributed by atoms with Crippen LogP contribution in [0, 0.1) is 6.92 Å². The van der Waals surface area contributed by atoms with Crippen molar-refractivity contribution in [3.05, 3.63) is 35.8 Å². The van der Waals surface area contributed by atoms with Gasteiger partial charge >= 0.3 is 0 Å². The predicted molar refractivity (Wildman–Crippen MR) is 59.6 cm³/mol. The van der Waals surface area contributed by atoms with Crippen molar-refractivity contribution in [1.29, 1.82) is 0 Å². The van der Waals surface area contributed by atoms with Crippen molar-refractivity contribution >= 4 is 11.8 Å².